The highest BCUT2D eigenvalue weighted by Gasteiger charge is 2.13. The maximum Gasteiger partial charge on any atom is 0.223 e. The molecule has 0 aliphatic carbocycles. The third kappa shape index (κ3) is 2.44. The predicted octanol–water partition coefficient (Wildman–Crippen LogP) is 0.654. The summed E-state index contributed by atoms with van der Waals surface area (Å²) in [6, 6.07) is 1.94. The molecule has 1 aliphatic rings. The molecule has 0 amide bonds. The van der Waals surface area contributed by atoms with E-state index in [-0.39, 0.29) is 0 Å². The third-order valence-corrected chi connectivity index (χ3v) is 3.26. The van der Waals surface area contributed by atoms with Crippen molar-refractivity contribution in [2.45, 2.75) is 0 Å². The summed E-state index contributed by atoms with van der Waals surface area (Å²) in [5.41, 5.74) is 5.65. The van der Waals surface area contributed by atoms with Crippen LogP contribution in [-0.4, -0.2) is 41.6 Å². The number of hydrogen-bond acceptors (Lipinski definition) is 6. The maximum absolute atomic E-state index is 5.65. The highest BCUT2D eigenvalue weighted by Crippen LogP contribution is 2.20. The molecule has 5 nitrogen and oxygen atoms in total. The summed E-state index contributed by atoms with van der Waals surface area (Å²) < 4.78 is 0. The summed E-state index contributed by atoms with van der Waals surface area (Å²) in [6.45, 7) is 2.06. The maximum atomic E-state index is 5.65. The molecular formula is C9H15N5S. The molecule has 15 heavy (non-hydrogen) atoms. The zero-order chi connectivity index (χ0) is 10.7. The number of nitrogens with zero attached hydrogens (tertiary/aromatic N) is 3. The summed E-state index contributed by atoms with van der Waals surface area (Å²) in [5.74, 6) is 4.33. The first-order chi connectivity index (χ1) is 7.29. The lowest BCUT2D eigenvalue weighted by atomic mass is 10.4. The van der Waals surface area contributed by atoms with E-state index >= 15 is 0 Å². The van der Waals surface area contributed by atoms with Gasteiger partial charge in [0.1, 0.15) is 11.6 Å². The second kappa shape index (κ2) is 4.57. The number of aromatic nitrogens is 2. The Hall–Kier alpha value is -1.17. The molecule has 0 spiro atoms. The number of nitrogens with two attached hydrogens (primary N) is 1. The lowest BCUT2D eigenvalue weighted by Gasteiger charge is -2.27. The third-order valence-electron chi connectivity index (χ3n) is 2.32. The molecular weight excluding hydrogens is 210 g/mol. The van der Waals surface area contributed by atoms with Gasteiger partial charge < -0.3 is 16.0 Å². The van der Waals surface area contributed by atoms with E-state index < -0.39 is 0 Å². The van der Waals surface area contributed by atoms with Crippen LogP contribution in [0.4, 0.5) is 17.6 Å². The van der Waals surface area contributed by atoms with E-state index in [4.69, 9.17) is 5.73 Å². The highest BCUT2D eigenvalue weighted by atomic mass is 32.2. The number of nitrogens with one attached hydrogen (secondary N) is 1. The minimum Gasteiger partial charge on any atom is -0.373 e. The Balaban J connectivity index is 2.22. The summed E-state index contributed by atoms with van der Waals surface area (Å²) >= 11 is 1.98. The van der Waals surface area contributed by atoms with Crippen molar-refractivity contribution in [3.05, 3.63) is 6.07 Å². The van der Waals surface area contributed by atoms with Crippen LogP contribution in [0.25, 0.3) is 0 Å². The number of hydrogen-bond donors (Lipinski definition) is 2. The van der Waals surface area contributed by atoms with E-state index in [1.54, 1.807) is 0 Å². The Labute approximate surface area is 93.5 Å². The molecule has 0 saturated carbocycles. The van der Waals surface area contributed by atoms with Gasteiger partial charge >= 0.3 is 0 Å². The standard InChI is InChI=1S/C9H15N5S/c1-11-7-6-8(13-9(10)12-7)14-2-4-15-5-3-14/h6H,2-5H2,1H3,(H3,10,11,12,13). The molecule has 0 radical (unpaired) electrons. The molecule has 1 saturated heterocycles. The van der Waals surface area contributed by atoms with Gasteiger partial charge in [0.25, 0.3) is 0 Å². The smallest absolute Gasteiger partial charge is 0.223 e. The van der Waals surface area contributed by atoms with Crippen molar-refractivity contribution in [3.63, 3.8) is 0 Å². The van der Waals surface area contributed by atoms with Crippen LogP contribution in [0.3, 0.4) is 0 Å². The molecule has 1 aromatic rings. The molecule has 0 aromatic carbocycles. The first-order valence-electron chi connectivity index (χ1n) is 4.94. The van der Waals surface area contributed by atoms with Gasteiger partial charge in [-0.15, -0.1) is 0 Å². The average molecular weight is 225 g/mol. The molecule has 6 heteroatoms. The van der Waals surface area contributed by atoms with Crippen LogP contribution < -0.4 is 16.0 Å². The first kappa shape index (κ1) is 10.4. The van der Waals surface area contributed by atoms with Gasteiger partial charge in [0.15, 0.2) is 0 Å². The fraction of sp³-hybridized carbons (Fsp3) is 0.556. The predicted molar refractivity (Wildman–Crippen MR) is 65.5 cm³/mol. The topological polar surface area (TPSA) is 67.1 Å². The van der Waals surface area contributed by atoms with Gasteiger partial charge in [-0.3, -0.25) is 0 Å². The normalized spacial score (nSPS) is 16.5. The lowest BCUT2D eigenvalue weighted by Crippen LogP contribution is -2.33. The molecule has 2 heterocycles. The fourth-order valence-corrected chi connectivity index (χ4v) is 2.44. The second-order valence-electron chi connectivity index (χ2n) is 3.32. The van der Waals surface area contributed by atoms with Crippen molar-refractivity contribution in [3.8, 4) is 0 Å². The van der Waals surface area contributed by atoms with Crippen LogP contribution in [0, 0.1) is 0 Å². The van der Waals surface area contributed by atoms with Gasteiger partial charge in [0.05, 0.1) is 0 Å². The van der Waals surface area contributed by atoms with E-state index in [1.165, 1.54) is 0 Å². The number of anilines is 3. The Morgan fingerprint density at radius 1 is 1.40 bits per heavy atom. The lowest BCUT2D eigenvalue weighted by molar-refractivity contribution is 0.837. The summed E-state index contributed by atoms with van der Waals surface area (Å²) in [4.78, 5) is 10.6. The van der Waals surface area contributed by atoms with Crippen LogP contribution in [0.2, 0.25) is 0 Å². The van der Waals surface area contributed by atoms with E-state index in [2.05, 4.69) is 20.2 Å². The monoisotopic (exact) mass is 225 g/mol. The fourth-order valence-electron chi connectivity index (χ4n) is 1.54. The SMILES string of the molecule is CNc1cc(N2CCSCC2)nc(N)n1. The zero-order valence-corrected chi connectivity index (χ0v) is 9.55. The Morgan fingerprint density at radius 3 is 2.80 bits per heavy atom. The van der Waals surface area contributed by atoms with Crippen molar-refractivity contribution < 1.29 is 0 Å². The van der Waals surface area contributed by atoms with Gasteiger partial charge in [0.2, 0.25) is 5.95 Å². The summed E-state index contributed by atoms with van der Waals surface area (Å²) in [7, 11) is 1.83. The van der Waals surface area contributed by atoms with Crippen LogP contribution in [-0.2, 0) is 0 Å². The van der Waals surface area contributed by atoms with E-state index in [9.17, 15) is 0 Å². The van der Waals surface area contributed by atoms with Crippen molar-refractivity contribution in [2.75, 3.05) is 47.6 Å². The van der Waals surface area contributed by atoms with E-state index in [1.807, 2.05) is 24.9 Å². The zero-order valence-electron chi connectivity index (χ0n) is 8.73. The van der Waals surface area contributed by atoms with Crippen molar-refractivity contribution in [2.24, 2.45) is 0 Å². The molecule has 82 valence electrons. The molecule has 3 N–H and O–H groups in total. The number of rotatable bonds is 2. The molecule has 0 unspecified atom stereocenters. The Morgan fingerprint density at radius 2 is 2.13 bits per heavy atom. The van der Waals surface area contributed by atoms with Crippen molar-refractivity contribution in [1.82, 2.24) is 9.97 Å². The molecule has 0 bridgehead atoms. The first-order valence-corrected chi connectivity index (χ1v) is 6.10. The minimum absolute atomic E-state index is 0.329. The summed E-state index contributed by atoms with van der Waals surface area (Å²) in [5, 5.41) is 2.98. The number of thioether (sulfide) groups is 1. The Bertz CT molecular complexity index is 337. The van der Waals surface area contributed by atoms with Gasteiger partial charge in [0, 0.05) is 37.7 Å². The Kier molecular flexibility index (Phi) is 3.15. The molecule has 1 fully saturated rings. The van der Waals surface area contributed by atoms with Crippen LogP contribution >= 0.6 is 11.8 Å². The highest BCUT2D eigenvalue weighted by molar-refractivity contribution is 7.99. The largest absolute Gasteiger partial charge is 0.373 e. The van der Waals surface area contributed by atoms with Gasteiger partial charge in [-0.05, 0) is 0 Å². The van der Waals surface area contributed by atoms with E-state index in [0.717, 1.165) is 36.2 Å². The van der Waals surface area contributed by atoms with Crippen LogP contribution in [0.5, 0.6) is 0 Å². The minimum atomic E-state index is 0.329. The summed E-state index contributed by atoms with van der Waals surface area (Å²) in [6.07, 6.45) is 0. The second-order valence-corrected chi connectivity index (χ2v) is 4.54. The average Bonchev–Trinajstić information content (AvgIpc) is 2.29. The van der Waals surface area contributed by atoms with Crippen molar-refractivity contribution >= 4 is 29.3 Å². The molecule has 0 atom stereocenters. The van der Waals surface area contributed by atoms with Gasteiger partial charge in [-0.1, -0.05) is 0 Å². The van der Waals surface area contributed by atoms with Crippen molar-refractivity contribution in [1.29, 1.82) is 0 Å². The van der Waals surface area contributed by atoms with Gasteiger partial charge in [-0.2, -0.15) is 21.7 Å². The molecule has 1 aromatic heterocycles. The van der Waals surface area contributed by atoms with E-state index in [0.29, 0.717) is 5.95 Å². The molecule has 2 rings (SSSR count). The molecule has 1 aliphatic heterocycles. The number of nitrogen functional groups attached to an aromatic ring is 1. The van der Waals surface area contributed by atoms with Crippen LogP contribution in [0.1, 0.15) is 0 Å². The van der Waals surface area contributed by atoms with Crippen LogP contribution in [0.15, 0.2) is 6.07 Å². The van der Waals surface area contributed by atoms with Gasteiger partial charge in [-0.25, -0.2) is 0 Å². The quantitative estimate of drug-likeness (QED) is 0.770.